The van der Waals surface area contributed by atoms with Gasteiger partial charge in [0, 0.05) is 0 Å². The molecule has 0 radical (unpaired) electrons. The molecule has 10 heavy (non-hydrogen) atoms. The summed E-state index contributed by atoms with van der Waals surface area (Å²) >= 11 is 5.79. The number of alkyl halides is 1. The molecule has 3 nitrogen and oxygen atoms in total. The Balaban J connectivity index is 2.77. The van der Waals surface area contributed by atoms with E-state index in [2.05, 4.69) is 4.99 Å². The van der Waals surface area contributed by atoms with Gasteiger partial charge in [-0.25, -0.2) is 0 Å². The Morgan fingerprint density at radius 2 is 2.40 bits per heavy atom. The average Bonchev–Trinajstić information content (AvgIpc) is 2.17. The summed E-state index contributed by atoms with van der Waals surface area (Å²) in [4.78, 5) is 16.1. The lowest BCUT2D eigenvalue weighted by Crippen LogP contribution is -2.31. The van der Waals surface area contributed by atoms with Crippen LogP contribution in [0.2, 0.25) is 0 Å². The summed E-state index contributed by atoms with van der Waals surface area (Å²) in [6.45, 7) is 1.89. The van der Waals surface area contributed by atoms with E-state index in [1.54, 1.807) is 0 Å². The molecule has 0 amide bonds. The van der Waals surface area contributed by atoms with Gasteiger partial charge in [-0.1, -0.05) is 11.6 Å². The first kappa shape index (κ1) is 7.69. The first-order valence-corrected chi connectivity index (χ1v) is 3.49. The highest BCUT2D eigenvalue weighted by Gasteiger charge is 2.28. The minimum atomic E-state index is -0.340. The molecule has 1 aliphatic rings. The number of carbonyl (C=O) groups is 1. The van der Waals surface area contributed by atoms with E-state index in [4.69, 9.17) is 11.6 Å². The van der Waals surface area contributed by atoms with Crippen molar-refractivity contribution in [3.05, 3.63) is 0 Å². The second-order valence-corrected chi connectivity index (χ2v) is 2.72. The summed E-state index contributed by atoms with van der Waals surface area (Å²) in [6.07, 6.45) is 0.736. The third-order valence-corrected chi connectivity index (χ3v) is 2.18. The average molecular weight is 161 g/mol. The van der Waals surface area contributed by atoms with Crippen molar-refractivity contribution in [3.8, 4) is 0 Å². The fourth-order valence-electron chi connectivity index (χ4n) is 0.853. The van der Waals surface area contributed by atoms with E-state index in [1.165, 1.54) is 0 Å². The van der Waals surface area contributed by atoms with E-state index in [-0.39, 0.29) is 11.7 Å². The van der Waals surface area contributed by atoms with Gasteiger partial charge in [-0.15, -0.1) is 0 Å². The minimum Gasteiger partial charge on any atom is -0.296 e. The largest absolute Gasteiger partial charge is 0.296 e. The summed E-state index contributed by atoms with van der Waals surface area (Å²) in [6, 6.07) is 0. The molecule has 4 heteroatoms. The van der Waals surface area contributed by atoms with Gasteiger partial charge in [0.15, 0.2) is 6.29 Å². The molecule has 1 rings (SSSR count). The van der Waals surface area contributed by atoms with Gasteiger partial charge < -0.3 is 0 Å². The van der Waals surface area contributed by atoms with Crippen molar-refractivity contribution in [3.63, 3.8) is 0 Å². The quantitative estimate of drug-likeness (QED) is 0.318. The summed E-state index contributed by atoms with van der Waals surface area (Å²) in [7, 11) is 1.84. The molecule has 1 aliphatic heterocycles. The van der Waals surface area contributed by atoms with Crippen LogP contribution in [0.1, 0.15) is 6.92 Å². The van der Waals surface area contributed by atoms with Gasteiger partial charge in [0.25, 0.3) is 0 Å². The molecule has 0 N–H and O–H groups in total. The standard InChI is InChI=1S/C6H9ClN2O/c1-4-8-5(3-10)6(7)9(4)2/h3-4,6H,1-2H3. The Hall–Kier alpha value is -0.410. The van der Waals surface area contributed by atoms with Gasteiger partial charge in [-0.2, -0.15) is 0 Å². The summed E-state index contributed by atoms with van der Waals surface area (Å²) in [5.41, 5.74) is 0.0872. The topological polar surface area (TPSA) is 32.7 Å². The predicted octanol–water partition coefficient (Wildman–Crippen LogP) is 0.483. The molecule has 0 spiro atoms. The molecular formula is C6H9ClN2O. The van der Waals surface area contributed by atoms with Gasteiger partial charge in [-0.3, -0.25) is 14.7 Å². The SMILES string of the molecule is CC1N=C(C=O)C(Cl)N1C. The van der Waals surface area contributed by atoms with Crippen LogP contribution in [0.5, 0.6) is 0 Å². The minimum absolute atomic E-state index is 0.0303. The summed E-state index contributed by atoms with van der Waals surface area (Å²) in [5.74, 6) is 0. The third-order valence-electron chi connectivity index (χ3n) is 1.65. The van der Waals surface area contributed by atoms with Gasteiger partial charge in [0.05, 0.1) is 0 Å². The molecule has 0 saturated carbocycles. The van der Waals surface area contributed by atoms with E-state index >= 15 is 0 Å². The van der Waals surface area contributed by atoms with Gasteiger partial charge in [0.2, 0.25) is 0 Å². The molecule has 1 heterocycles. The van der Waals surface area contributed by atoms with Crippen molar-refractivity contribution in [1.82, 2.24) is 4.90 Å². The third kappa shape index (κ3) is 1.07. The zero-order chi connectivity index (χ0) is 7.72. The van der Waals surface area contributed by atoms with Crippen molar-refractivity contribution in [1.29, 1.82) is 0 Å². The van der Waals surface area contributed by atoms with E-state index in [9.17, 15) is 4.79 Å². The Kier molecular flexibility index (Phi) is 2.06. The summed E-state index contributed by atoms with van der Waals surface area (Å²) < 4.78 is 0. The van der Waals surface area contributed by atoms with Crippen molar-refractivity contribution < 1.29 is 4.79 Å². The van der Waals surface area contributed by atoms with Crippen molar-refractivity contribution in [2.24, 2.45) is 4.99 Å². The predicted molar refractivity (Wildman–Crippen MR) is 40.4 cm³/mol. The molecule has 0 saturated heterocycles. The maximum absolute atomic E-state index is 10.3. The van der Waals surface area contributed by atoms with Crippen LogP contribution in [0, 0.1) is 0 Å². The molecular weight excluding hydrogens is 152 g/mol. The Bertz CT molecular complexity index is 181. The number of hydrogen-bond donors (Lipinski definition) is 0. The molecule has 0 aromatic carbocycles. The first-order chi connectivity index (χ1) is 4.66. The number of nitrogens with zero attached hydrogens (tertiary/aromatic N) is 2. The molecule has 2 unspecified atom stereocenters. The lowest BCUT2D eigenvalue weighted by Gasteiger charge is -2.16. The zero-order valence-corrected chi connectivity index (χ0v) is 6.67. The van der Waals surface area contributed by atoms with Gasteiger partial charge in [0.1, 0.15) is 17.4 Å². The van der Waals surface area contributed by atoms with Crippen LogP contribution in [-0.4, -0.2) is 35.6 Å². The lowest BCUT2D eigenvalue weighted by molar-refractivity contribution is -0.102. The van der Waals surface area contributed by atoms with Crippen LogP contribution < -0.4 is 0 Å². The van der Waals surface area contributed by atoms with E-state index < -0.39 is 0 Å². The van der Waals surface area contributed by atoms with Crippen LogP contribution >= 0.6 is 11.6 Å². The van der Waals surface area contributed by atoms with Crippen LogP contribution in [0.3, 0.4) is 0 Å². The maximum atomic E-state index is 10.3. The first-order valence-electron chi connectivity index (χ1n) is 3.05. The highest BCUT2D eigenvalue weighted by atomic mass is 35.5. The second-order valence-electron chi connectivity index (χ2n) is 2.30. The van der Waals surface area contributed by atoms with Crippen LogP contribution in [0.15, 0.2) is 4.99 Å². The molecule has 0 aromatic heterocycles. The molecule has 0 aliphatic carbocycles. The monoisotopic (exact) mass is 160 g/mol. The number of rotatable bonds is 1. The number of halogens is 1. The molecule has 0 aromatic rings. The lowest BCUT2D eigenvalue weighted by atomic mass is 10.4. The Labute approximate surface area is 64.7 Å². The second kappa shape index (κ2) is 2.68. The van der Waals surface area contributed by atoms with E-state index in [1.807, 2.05) is 18.9 Å². The van der Waals surface area contributed by atoms with Gasteiger partial charge >= 0.3 is 0 Å². The molecule has 0 bridgehead atoms. The van der Waals surface area contributed by atoms with E-state index in [0.29, 0.717) is 12.0 Å². The normalized spacial score (nSPS) is 34.1. The van der Waals surface area contributed by atoms with E-state index in [0.717, 1.165) is 0 Å². The fraction of sp³-hybridized carbons (Fsp3) is 0.667. The molecule has 2 atom stereocenters. The zero-order valence-electron chi connectivity index (χ0n) is 5.91. The van der Waals surface area contributed by atoms with Gasteiger partial charge in [-0.05, 0) is 14.0 Å². The molecule has 0 fully saturated rings. The van der Waals surface area contributed by atoms with Crippen molar-refractivity contribution in [2.75, 3.05) is 7.05 Å². The number of hydrogen-bond acceptors (Lipinski definition) is 3. The van der Waals surface area contributed by atoms with Crippen LogP contribution in [-0.2, 0) is 4.79 Å². The number of aldehydes is 1. The van der Waals surface area contributed by atoms with Crippen molar-refractivity contribution >= 4 is 23.6 Å². The van der Waals surface area contributed by atoms with Crippen LogP contribution in [0.25, 0.3) is 0 Å². The fourth-order valence-corrected chi connectivity index (χ4v) is 1.12. The smallest absolute Gasteiger partial charge is 0.166 e. The number of carbonyl (C=O) groups excluding carboxylic acids is 1. The molecule has 56 valence electrons. The highest BCUT2D eigenvalue weighted by molar-refractivity contribution is 6.45. The van der Waals surface area contributed by atoms with Crippen LogP contribution in [0.4, 0.5) is 0 Å². The number of aliphatic imine (C=N–C) groups is 1. The summed E-state index contributed by atoms with van der Waals surface area (Å²) in [5, 5.41) is 0. The maximum Gasteiger partial charge on any atom is 0.166 e. The Morgan fingerprint density at radius 1 is 1.80 bits per heavy atom. The highest BCUT2D eigenvalue weighted by Crippen LogP contribution is 2.16. The Morgan fingerprint density at radius 3 is 2.60 bits per heavy atom. The van der Waals surface area contributed by atoms with Crippen molar-refractivity contribution in [2.45, 2.75) is 18.6 Å².